The SMILES string of the molecule is CCC(C)N(C)C(=O)c1cc(Cl)c(Cl)c(S(=O)(=O)Cl)c1. The van der Waals surface area contributed by atoms with Gasteiger partial charge in [-0.1, -0.05) is 30.1 Å². The van der Waals surface area contributed by atoms with Crippen LogP contribution in [0.2, 0.25) is 10.0 Å². The van der Waals surface area contributed by atoms with Gasteiger partial charge in [-0.25, -0.2) is 8.42 Å². The van der Waals surface area contributed by atoms with E-state index in [2.05, 4.69) is 0 Å². The molecular weight excluding hydrogens is 345 g/mol. The van der Waals surface area contributed by atoms with Crippen molar-refractivity contribution in [1.29, 1.82) is 0 Å². The van der Waals surface area contributed by atoms with E-state index in [1.165, 1.54) is 11.0 Å². The lowest BCUT2D eigenvalue weighted by molar-refractivity contribution is 0.0740. The summed E-state index contributed by atoms with van der Waals surface area (Å²) in [6, 6.07) is 2.47. The summed E-state index contributed by atoms with van der Waals surface area (Å²) in [7, 11) is 2.84. The third kappa shape index (κ3) is 3.79. The lowest BCUT2D eigenvalue weighted by Gasteiger charge is -2.24. The van der Waals surface area contributed by atoms with Crippen LogP contribution in [0.25, 0.3) is 0 Å². The average Bonchev–Trinajstić information content (AvgIpc) is 2.37. The summed E-state index contributed by atoms with van der Waals surface area (Å²) < 4.78 is 22.9. The summed E-state index contributed by atoms with van der Waals surface area (Å²) in [4.78, 5) is 13.4. The molecule has 1 aromatic carbocycles. The van der Waals surface area contributed by atoms with Gasteiger partial charge in [0.25, 0.3) is 15.0 Å². The summed E-state index contributed by atoms with van der Waals surface area (Å²) >= 11 is 11.7. The molecule has 1 atom stereocenters. The highest BCUT2D eigenvalue weighted by atomic mass is 35.7. The fourth-order valence-electron chi connectivity index (χ4n) is 1.54. The number of rotatable bonds is 4. The molecule has 4 nitrogen and oxygen atoms in total. The topological polar surface area (TPSA) is 54.5 Å². The Kier molecular flexibility index (Phi) is 5.72. The molecule has 0 radical (unpaired) electrons. The third-order valence-corrected chi connectivity index (χ3v) is 5.34. The second-order valence-electron chi connectivity index (χ2n) is 4.38. The molecule has 1 unspecified atom stereocenters. The van der Waals surface area contributed by atoms with Gasteiger partial charge in [0.15, 0.2) is 0 Å². The van der Waals surface area contributed by atoms with Crippen LogP contribution in [-0.2, 0) is 9.05 Å². The maximum Gasteiger partial charge on any atom is 0.262 e. The van der Waals surface area contributed by atoms with E-state index in [1.807, 2.05) is 13.8 Å². The van der Waals surface area contributed by atoms with Crippen LogP contribution in [0, 0.1) is 0 Å². The van der Waals surface area contributed by atoms with Crippen molar-refractivity contribution in [2.75, 3.05) is 7.05 Å². The zero-order valence-electron chi connectivity index (χ0n) is 11.2. The Morgan fingerprint density at radius 2 is 1.90 bits per heavy atom. The van der Waals surface area contributed by atoms with Crippen LogP contribution in [0.5, 0.6) is 0 Å². The standard InChI is InChI=1S/C12H14Cl3NO3S/c1-4-7(2)16(3)12(17)8-5-9(13)11(14)10(6-8)20(15,18)19/h5-7H,4H2,1-3H3. The molecule has 1 aromatic rings. The number of carbonyl (C=O) groups is 1. The van der Waals surface area contributed by atoms with Gasteiger partial charge in [-0.05, 0) is 25.5 Å². The van der Waals surface area contributed by atoms with Crippen molar-refractivity contribution >= 4 is 48.8 Å². The van der Waals surface area contributed by atoms with Crippen molar-refractivity contribution in [1.82, 2.24) is 4.90 Å². The smallest absolute Gasteiger partial charge is 0.262 e. The molecule has 0 fully saturated rings. The molecule has 0 N–H and O–H groups in total. The molecule has 0 heterocycles. The molecule has 0 bridgehead atoms. The third-order valence-electron chi connectivity index (χ3n) is 3.08. The molecule has 0 spiro atoms. The second kappa shape index (κ2) is 6.52. The molecule has 0 aromatic heterocycles. The monoisotopic (exact) mass is 357 g/mol. The molecule has 8 heteroatoms. The first kappa shape index (κ1) is 17.6. The van der Waals surface area contributed by atoms with E-state index in [0.717, 1.165) is 12.5 Å². The molecule has 0 aliphatic heterocycles. The van der Waals surface area contributed by atoms with Gasteiger partial charge in [0.1, 0.15) is 4.90 Å². The van der Waals surface area contributed by atoms with Crippen molar-refractivity contribution in [2.24, 2.45) is 0 Å². The summed E-state index contributed by atoms with van der Waals surface area (Å²) in [5.41, 5.74) is 0.126. The van der Waals surface area contributed by atoms with Gasteiger partial charge in [0.2, 0.25) is 0 Å². The Hall–Kier alpha value is -0.490. The molecular formula is C12H14Cl3NO3S. The van der Waals surface area contributed by atoms with Crippen LogP contribution in [0.15, 0.2) is 17.0 Å². The van der Waals surface area contributed by atoms with E-state index < -0.39 is 9.05 Å². The number of carbonyl (C=O) groups excluding carboxylic acids is 1. The Bertz CT molecular complexity index is 631. The quantitative estimate of drug-likeness (QED) is 0.769. The predicted molar refractivity (Wildman–Crippen MR) is 81.3 cm³/mol. The van der Waals surface area contributed by atoms with E-state index in [-0.39, 0.29) is 32.5 Å². The Morgan fingerprint density at radius 3 is 2.35 bits per heavy atom. The highest BCUT2D eigenvalue weighted by molar-refractivity contribution is 8.13. The summed E-state index contributed by atoms with van der Waals surface area (Å²) in [5.74, 6) is -0.348. The molecule has 0 aliphatic carbocycles. The Balaban J connectivity index is 3.35. The minimum atomic E-state index is -4.08. The van der Waals surface area contributed by atoms with Crippen LogP contribution in [0.3, 0.4) is 0 Å². The number of amides is 1. The van der Waals surface area contributed by atoms with Crippen molar-refractivity contribution in [3.63, 3.8) is 0 Å². The fraction of sp³-hybridized carbons (Fsp3) is 0.417. The van der Waals surface area contributed by atoms with E-state index in [0.29, 0.717) is 0 Å². The number of halogens is 3. The maximum atomic E-state index is 12.3. The van der Waals surface area contributed by atoms with Crippen molar-refractivity contribution in [2.45, 2.75) is 31.2 Å². The molecule has 1 amide bonds. The molecule has 0 aliphatic rings. The van der Waals surface area contributed by atoms with Gasteiger partial charge in [-0.3, -0.25) is 4.79 Å². The Labute approximate surface area is 133 Å². The van der Waals surface area contributed by atoms with E-state index in [9.17, 15) is 13.2 Å². The fourth-order valence-corrected chi connectivity index (χ4v) is 3.31. The zero-order chi connectivity index (χ0) is 15.7. The minimum absolute atomic E-state index is 0.00742. The second-order valence-corrected chi connectivity index (χ2v) is 7.70. The van der Waals surface area contributed by atoms with Gasteiger partial charge >= 0.3 is 0 Å². The minimum Gasteiger partial charge on any atom is -0.339 e. The lowest BCUT2D eigenvalue weighted by Crippen LogP contribution is -2.34. The summed E-state index contributed by atoms with van der Waals surface area (Å²) in [5, 5.41) is -0.223. The van der Waals surface area contributed by atoms with Gasteiger partial charge < -0.3 is 4.90 Å². The summed E-state index contributed by atoms with van der Waals surface area (Å²) in [6.07, 6.45) is 0.768. The van der Waals surface area contributed by atoms with E-state index in [4.69, 9.17) is 33.9 Å². The van der Waals surface area contributed by atoms with Gasteiger partial charge in [0, 0.05) is 29.3 Å². The Morgan fingerprint density at radius 1 is 1.35 bits per heavy atom. The highest BCUT2D eigenvalue weighted by Crippen LogP contribution is 2.33. The first-order chi connectivity index (χ1) is 9.09. The van der Waals surface area contributed by atoms with E-state index >= 15 is 0 Å². The molecule has 0 saturated carbocycles. The van der Waals surface area contributed by atoms with Crippen LogP contribution in [0.1, 0.15) is 30.6 Å². The molecule has 112 valence electrons. The normalized spacial score (nSPS) is 13.1. The zero-order valence-corrected chi connectivity index (χ0v) is 14.2. The number of nitrogens with zero attached hydrogens (tertiary/aromatic N) is 1. The van der Waals surface area contributed by atoms with Gasteiger partial charge in [0.05, 0.1) is 10.0 Å². The van der Waals surface area contributed by atoms with Crippen LogP contribution < -0.4 is 0 Å². The van der Waals surface area contributed by atoms with E-state index in [1.54, 1.807) is 7.05 Å². The van der Waals surface area contributed by atoms with Gasteiger partial charge in [-0.2, -0.15) is 0 Å². The predicted octanol–water partition coefficient (Wildman–Crippen LogP) is 3.79. The van der Waals surface area contributed by atoms with Crippen LogP contribution in [-0.4, -0.2) is 32.3 Å². The molecule has 20 heavy (non-hydrogen) atoms. The first-order valence-corrected chi connectivity index (χ1v) is 8.87. The van der Waals surface area contributed by atoms with Crippen LogP contribution >= 0.6 is 33.9 Å². The van der Waals surface area contributed by atoms with Crippen LogP contribution in [0.4, 0.5) is 0 Å². The number of hydrogen-bond donors (Lipinski definition) is 0. The highest BCUT2D eigenvalue weighted by Gasteiger charge is 2.23. The van der Waals surface area contributed by atoms with Crippen molar-refractivity contribution in [3.05, 3.63) is 27.7 Å². The number of benzene rings is 1. The lowest BCUT2D eigenvalue weighted by atomic mass is 10.1. The van der Waals surface area contributed by atoms with Crippen molar-refractivity contribution in [3.8, 4) is 0 Å². The summed E-state index contributed by atoms with van der Waals surface area (Å²) in [6.45, 7) is 3.83. The first-order valence-electron chi connectivity index (χ1n) is 5.80. The van der Waals surface area contributed by atoms with Gasteiger partial charge in [-0.15, -0.1) is 0 Å². The molecule has 0 saturated heterocycles. The largest absolute Gasteiger partial charge is 0.339 e. The molecule has 1 rings (SSSR count). The average molecular weight is 359 g/mol. The number of hydrogen-bond acceptors (Lipinski definition) is 3. The van der Waals surface area contributed by atoms with Crippen molar-refractivity contribution < 1.29 is 13.2 Å². The maximum absolute atomic E-state index is 12.3.